The van der Waals surface area contributed by atoms with E-state index in [4.69, 9.17) is 59.6 Å². The second kappa shape index (κ2) is 15.8. The smallest absolute Gasteiger partial charge is 0.201 e. The van der Waals surface area contributed by atoms with Crippen LogP contribution in [0.3, 0.4) is 0 Å². The average Bonchev–Trinajstić information content (AvgIpc) is 3.59. The van der Waals surface area contributed by atoms with Crippen molar-refractivity contribution in [3.05, 3.63) is 35.5 Å². The van der Waals surface area contributed by atoms with Crippen LogP contribution >= 0.6 is 11.6 Å². The minimum Gasteiger partial charge on any atom is -0.383 e. The van der Waals surface area contributed by atoms with Gasteiger partial charge in [-0.15, -0.1) is 0 Å². The molecule has 0 unspecified atom stereocenters. The third kappa shape index (κ3) is 7.06. The summed E-state index contributed by atoms with van der Waals surface area (Å²) in [7, 11) is 0. The summed E-state index contributed by atoms with van der Waals surface area (Å²) >= 11 is 6.29. The minimum atomic E-state index is -0.823. The summed E-state index contributed by atoms with van der Waals surface area (Å²) < 4.78 is 40.1. The van der Waals surface area contributed by atoms with E-state index in [1.165, 1.54) is 0 Å². The zero-order chi connectivity index (χ0) is 40.7. The molecule has 1 aromatic heterocycles. The van der Waals surface area contributed by atoms with Crippen molar-refractivity contribution in [2.45, 2.75) is 141 Å². The lowest BCUT2D eigenvalue weighted by atomic mass is 9.58. The van der Waals surface area contributed by atoms with Crippen LogP contribution in [0.4, 0.5) is 5.69 Å². The standard InChI is InChI=1S/C45H64ClN3O10/c1-26-7-11-34-28(3)38(52-40-44(34)32(26)13-16-42(5,54-40)56-58-44)50-23-21-49(20-19-48-36-15-18-47-37-25-30(46)9-10-31(36)37)22-24-51-39-29(4)35-12-8-27(2)33-14-17-43(6)55-41(53-39)45(33,35)59-57-43/h9-10,15,18,25-29,32-35,38-41H,7-8,11-14,16-17,19-24H2,1-6H3,(H,47,48)/t26-,27-,28-,29-,32+,33+,34+,35+,38+,39+,40-,41-,42+,43+,44-,45-/m1/s1. The van der Waals surface area contributed by atoms with Crippen molar-refractivity contribution in [3.63, 3.8) is 0 Å². The number of pyridine rings is 1. The Morgan fingerprint density at radius 3 is 1.83 bits per heavy atom. The molecule has 1 N–H and O–H groups in total. The summed E-state index contributed by atoms with van der Waals surface area (Å²) in [6.07, 6.45) is 7.84. The molecule has 8 aliphatic heterocycles. The Balaban J connectivity index is 0.815. The molecule has 326 valence electrons. The number of fused-ring (bicyclic) bond motifs is 5. The van der Waals surface area contributed by atoms with E-state index in [9.17, 15) is 0 Å². The number of aromatic nitrogens is 1. The molecule has 2 saturated carbocycles. The Bertz CT molecular complexity index is 1760. The second-order valence-electron chi connectivity index (χ2n) is 19.6. The van der Waals surface area contributed by atoms with E-state index >= 15 is 0 Å². The van der Waals surface area contributed by atoms with Gasteiger partial charge in [0.05, 0.1) is 18.7 Å². The first-order valence-electron chi connectivity index (χ1n) is 22.6. The molecule has 8 saturated heterocycles. The molecule has 2 aliphatic carbocycles. The predicted octanol–water partition coefficient (Wildman–Crippen LogP) is 8.05. The van der Waals surface area contributed by atoms with Gasteiger partial charge in [-0.1, -0.05) is 39.3 Å². The summed E-state index contributed by atoms with van der Waals surface area (Å²) in [5.74, 6) is 0.632. The number of benzene rings is 1. The van der Waals surface area contributed by atoms with Gasteiger partial charge in [-0.25, -0.2) is 19.6 Å². The van der Waals surface area contributed by atoms with Crippen molar-refractivity contribution in [3.8, 4) is 0 Å². The van der Waals surface area contributed by atoms with Gasteiger partial charge >= 0.3 is 0 Å². The SMILES string of the molecule is C[C@H]1[C@@H](OCCN(CCNc2ccnc3cc(Cl)ccc23)CCO[C@H]2O[C@@H]3O[C@]4(C)CC[C@H]5[C@H](C)CC[C@@H]([C@H]2C)[C@@]35OO4)O[C@@H]2O[C@]3(C)CC[C@H]4[C@H](C)CC[C@@H]1[C@@]24OO3. The van der Waals surface area contributed by atoms with Gasteiger partial charge in [-0.05, 0) is 100 Å². The van der Waals surface area contributed by atoms with E-state index in [0.29, 0.717) is 61.5 Å². The van der Waals surface area contributed by atoms with Crippen LogP contribution in [0.5, 0.6) is 0 Å². The summed E-state index contributed by atoms with van der Waals surface area (Å²) in [5.41, 5.74) is 0.653. The van der Waals surface area contributed by atoms with Crippen molar-refractivity contribution >= 4 is 28.2 Å². The highest BCUT2D eigenvalue weighted by molar-refractivity contribution is 6.31. The lowest BCUT2D eigenvalue weighted by Gasteiger charge is -2.60. The first-order chi connectivity index (χ1) is 28.4. The third-order valence-electron chi connectivity index (χ3n) is 16.0. The number of hydrogen-bond acceptors (Lipinski definition) is 13. The monoisotopic (exact) mass is 841 g/mol. The second-order valence-corrected chi connectivity index (χ2v) is 20.0. The Labute approximate surface area is 353 Å². The lowest BCUT2D eigenvalue weighted by molar-refractivity contribution is -0.577. The zero-order valence-electron chi connectivity index (χ0n) is 35.6. The first-order valence-corrected chi connectivity index (χ1v) is 22.9. The van der Waals surface area contributed by atoms with Crippen LogP contribution < -0.4 is 5.32 Å². The maximum Gasteiger partial charge on any atom is 0.201 e. The molecule has 59 heavy (non-hydrogen) atoms. The summed E-state index contributed by atoms with van der Waals surface area (Å²) in [4.78, 5) is 31.7. The van der Waals surface area contributed by atoms with E-state index < -0.39 is 47.9 Å². The van der Waals surface area contributed by atoms with Crippen LogP contribution in [-0.4, -0.2) is 97.2 Å². The molecular formula is C45H64ClN3O10. The fourth-order valence-corrected chi connectivity index (χ4v) is 12.8. The highest BCUT2D eigenvalue weighted by Crippen LogP contribution is 2.62. The molecule has 16 atom stereocenters. The zero-order valence-corrected chi connectivity index (χ0v) is 36.3. The van der Waals surface area contributed by atoms with Crippen LogP contribution in [0.15, 0.2) is 30.5 Å². The molecule has 12 rings (SSSR count). The molecular weight excluding hydrogens is 778 g/mol. The van der Waals surface area contributed by atoms with Crippen molar-refractivity contribution in [2.75, 3.05) is 44.7 Å². The fourth-order valence-electron chi connectivity index (χ4n) is 12.7. The third-order valence-corrected chi connectivity index (χ3v) is 16.3. The molecule has 10 aliphatic rings. The number of rotatable bonds is 12. The molecule has 0 radical (unpaired) electrons. The van der Waals surface area contributed by atoms with E-state index in [0.717, 1.165) is 74.5 Å². The largest absolute Gasteiger partial charge is 0.383 e. The summed E-state index contributed by atoms with van der Waals surface area (Å²) in [6, 6.07) is 7.83. The van der Waals surface area contributed by atoms with Gasteiger partial charge in [0.1, 0.15) is 0 Å². The number of halogens is 1. The van der Waals surface area contributed by atoms with E-state index in [1.807, 2.05) is 44.3 Å². The Morgan fingerprint density at radius 2 is 1.27 bits per heavy atom. The lowest BCUT2D eigenvalue weighted by Crippen LogP contribution is -2.70. The van der Waals surface area contributed by atoms with Gasteiger partial charge in [-0.2, -0.15) is 0 Å². The van der Waals surface area contributed by atoms with Gasteiger partial charge in [0.15, 0.2) is 36.4 Å². The molecule has 13 nitrogen and oxygen atoms in total. The van der Waals surface area contributed by atoms with Crippen LogP contribution in [-0.2, 0) is 48.0 Å². The van der Waals surface area contributed by atoms with Gasteiger partial charge in [0.25, 0.3) is 0 Å². The van der Waals surface area contributed by atoms with Crippen molar-refractivity contribution in [1.82, 2.24) is 9.88 Å². The van der Waals surface area contributed by atoms with Gasteiger partial charge in [-0.3, -0.25) is 9.88 Å². The van der Waals surface area contributed by atoms with E-state index in [-0.39, 0.29) is 23.7 Å². The fraction of sp³-hybridized carbons (Fsp3) is 0.800. The topological polar surface area (TPSA) is 120 Å². The van der Waals surface area contributed by atoms with Gasteiger partial charge in [0, 0.05) is 85.0 Å². The van der Waals surface area contributed by atoms with E-state index in [2.05, 4.69) is 42.9 Å². The summed E-state index contributed by atoms with van der Waals surface area (Å²) in [5, 5.41) is 5.36. The number of hydrogen-bond donors (Lipinski definition) is 1. The molecule has 10 fully saturated rings. The van der Waals surface area contributed by atoms with Gasteiger partial charge in [0.2, 0.25) is 11.6 Å². The Morgan fingerprint density at radius 1 is 0.712 bits per heavy atom. The van der Waals surface area contributed by atoms with Crippen LogP contribution in [0, 0.1) is 47.3 Å². The Hall–Kier alpha value is -1.72. The van der Waals surface area contributed by atoms with Crippen LogP contribution in [0.25, 0.3) is 10.9 Å². The maximum atomic E-state index is 6.75. The number of nitrogens with zero attached hydrogens (tertiary/aromatic N) is 2. The van der Waals surface area contributed by atoms with Gasteiger partial charge < -0.3 is 33.7 Å². The number of nitrogens with one attached hydrogen (secondary N) is 1. The summed E-state index contributed by atoms with van der Waals surface area (Å²) in [6.45, 7) is 16.9. The van der Waals surface area contributed by atoms with E-state index in [1.54, 1.807) is 0 Å². The van der Waals surface area contributed by atoms with Crippen LogP contribution in [0.1, 0.15) is 92.9 Å². The van der Waals surface area contributed by atoms with Crippen molar-refractivity contribution in [1.29, 1.82) is 0 Å². The molecule has 14 heteroatoms. The molecule has 2 aromatic rings. The quantitative estimate of drug-likeness (QED) is 0.208. The van der Waals surface area contributed by atoms with Crippen LogP contribution in [0.2, 0.25) is 5.02 Å². The molecule has 0 amide bonds. The molecule has 1 aromatic carbocycles. The van der Waals surface area contributed by atoms with Crippen molar-refractivity contribution in [2.24, 2.45) is 47.3 Å². The highest BCUT2D eigenvalue weighted by Gasteiger charge is 2.71. The van der Waals surface area contributed by atoms with Crippen molar-refractivity contribution < 1.29 is 48.0 Å². The molecule has 4 bridgehead atoms. The normalized spacial score (nSPS) is 46.1. The maximum absolute atomic E-state index is 6.75. The Kier molecular flexibility index (Phi) is 11.1. The molecule has 2 spiro atoms. The highest BCUT2D eigenvalue weighted by atomic mass is 35.5. The average molecular weight is 842 g/mol. The number of ether oxygens (including phenoxy) is 6. The predicted molar refractivity (Wildman–Crippen MR) is 217 cm³/mol. The minimum absolute atomic E-state index is 0.108. The molecule has 9 heterocycles. The number of anilines is 1. The first kappa shape index (κ1) is 41.3.